The van der Waals surface area contributed by atoms with Gasteiger partial charge >= 0.3 is 0 Å². The second-order valence-electron chi connectivity index (χ2n) is 5.14. The average molecular weight is 243 g/mol. The highest BCUT2D eigenvalue weighted by atomic mass is 15.1. The fourth-order valence-electron chi connectivity index (χ4n) is 2.15. The van der Waals surface area contributed by atoms with E-state index in [2.05, 4.69) is 73.6 Å². The number of aromatic nitrogens is 2. The van der Waals surface area contributed by atoms with Gasteiger partial charge in [-0.25, -0.2) is 9.13 Å². The number of imidazole rings is 1. The molecular weight excluding hydrogens is 220 g/mol. The second kappa shape index (κ2) is 5.38. The maximum absolute atomic E-state index is 2.28. The highest BCUT2D eigenvalue weighted by molar-refractivity contribution is 5.24. The summed E-state index contributed by atoms with van der Waals surface area (Å²) in [5, 5.41) is 0. The number of benzene rings is 1. The molecule has 2 heteroatoms. The first-order chi connectivity index (χ1) is 8.61. The molecule has 1 unspecified atom stereocenters. The Kier molecular flexibility index (Phi) is 3.85. The third kappa shape index (κ3) is 2.63. The van der Waals surface area contributed by atoms with Crippen molar-refractivity contribution >= 4 is 0 Å². The predicted molar refractivity (Wildman–Crippen MR) is 74.6 cm³/mol. The predicted octanol–water partition coefficient (Wildman–Crippen LogP) is 3.18. The largest absolute Gasteiger partial charge is 0.253 e. The summed E-state index contributed by atoms with van der Waals surface area (Å²) < 4.78 is 4.42. The van der Waals surface area contributed by atoms with Gasteiger partial charge in [-0.2, -0.15) is 0 Å². The zero-order valence-corrected chi connectivity index (χ0v) is 11.9. The molecule has 0 aliphatic carbocycles. The SMILES string of the molecule is CCC(C)c1ccc(C[n+]2ccn(C)c2C)cc1. The second-order valence-corrected chi connectivity index (χ2v) is 5.14. The molecule has 96 valence electrons. The van der Waals surface area contributed by atoms with Gasteiger partial charge in [0.05, 0.1) is 7.05 Å². The molecule has 0 spiro atoms. The van der Waals surface area contributed by atoms with Crippen LogP contribution in [-0.2, 0) is 13.6 Å². The van der Waals surface area contributed by atoms with Gasteiger partial charge in [0, 0.05) is 6.92 Å². The summed E-state index contributed by atoms with van der Waals surface area (Å²) in [4.78, 5) is 0. The number of hydrogen-bond donors (Lipinski definition) is 0. The Morgan fingerprint density at radius 3 is 2.39 bits per heavy atom. The van der Waals surface area contributed by atoms with Crippen LogP contribution in [-0.4, -0.2) is 4.57 Å². The highest BCUT2D eigenvalue weighted by Gasteiger charge is 2.09. The fraction of sp³-hybridized carbons (Fsp3) is 0.438. The standard InChI is InChI=1S/C16H23N2/c1-5-13(2)16-8-6-15(7-9-16)12-18-11-10-17(4)14(18)3/h6-11,13H,5,12H2,1-4H3/q+1. The van der Waals surface area contributed by atoms with Crippen molar-refractivity contribution in [3.05, 3.63) is 53.6 Å². The van der Waals surface area contributed by atoms with Crippen LogP contribution in [0.25, 0.3) is 0 Å². The zero-order chi connectivity index (χ0) is 13.1. The van der Waals surface area contributed by atoms with Crippen LogP contribution in [0, 0.1) is 6.92 Å². The van der Waals surface area contributed by atoms with E-state index in [1.54, 1.807) is 0 Å². The maximum Gasteiger partial charge on any atom is 0.253 e. The van der Waals surface area contributed by atoms with E-state index >= 15 is 0 Å². The molecule has 0 bridgehead atoms. The molecule has 1 heterocycles. The maximum atomic E-state index is 2.28. The molecule has 0 saturated carbocycles. The molecule has 0 amide bonds. The van der Waals surface area contributed by atoms with Crippen LogP contribution in [0.15, 0.2) is 36.7 Å². The lowest BCUT2D eigenvalue weighted by Gasteiger charge is -2.09. The minimum Gasteiger partial charge on any atom is -0.237 e. The van der Waals surface area contributed by atoms with E-state index < -0.39 is 0 Å². The number of hydrogen-bond acceptors (Lipinski definition) is 0. The van der Waals surface area contributed by atoms with Gasteiger partial charge in [0.2, 0.25) is 0 Å². The Bertz CT molecular complexity index is 508. The van der Waals surface area contributed by atoms with Gasteiger partial charge in [0.15, 0.2) is 0 Å². The van der Waals surface area contributed by atoms with Crippen LogP contribution in [0.5, 0.6) is 0 Å². The summed E-state index contributed by atoms with van der Waals surface area (Å²) in [7, 11) is 2.08. The highest BCUT2D eigenvalue weighted by Crippen LogP contribution is 2.18. The summed E-state index contributed by atoms with van der Waals surface area (Å²) in [5.74, 6) is 1.94. The van der Waals surface area contributed by atoms with Crippen molar-refractivity contribution in [3.8, 4) is 0 Å². The molecule has 2 rings (SSSR count). The summed E-state index contributed by atoms with van der Waals surface area (Å²) in [5.41, 5.74) is 2.80. The van der Waals surface area contributed by atoms with Crippen LogP contribution in [0.2, 0.25) is 0 Å². The topological polar surface area (TPSA) is 8.81 Å². The van der Waals surface area contributed by atoms with Crippen molar-refractivity contribution in [2.75, 3.05) is 0 Å². The lowest BCUT2D eigenvalue weighted by molar-refractivity contribution is -0.693. The molecule has 18 heavy (non-hydrogen) atoms. The fourth-order valence-corrected chi connectivity index (χ4v) is 2.15. The number of rotatable bonds is 4. The summed E-state index contributed by atoms with van der Waals surface area (Å²) >= 11 is 0. The van der Waals surface area contributed by atoms with Crippen molar-refractivity contribution < 1.29 is 4.57 Å². The first-order valence-corrected chi connectivity index (χ1v) is 6.72. The summed E-state index contributed by atoms with van der Waals surface area (Å²) in [6.45, 7) is 7.62. The van der Waals surface area contributed by atoms with Crippen LogP contribution in [0.1, 0.15) is 43.1 Å². The Morgan fingerprint density at radius 2 is 1.89 bits per heavy atom. The Morgan fingerprint density at radius 1 is 1.22 bits per heavy atom. The molecular formula is C16H23N2+. The van der Waals surface area contributed by atoms with E-state index in [9.17, 15) is 0 Å². The number of nitrogens with zero attached hydrogens (tertiary/aromatic N) is 2. The van der Waals surface area contributed by atoms with Crippen LogP contribution in [0.3, 0.4) is 0 Å². The Hall–Kier alpha value is -1.57. The summed E-state index contributed by atoms with van der Waals surface area (Å²) in [6, 6.07) is 9.03. The average Bonchev–Trinajstić information content (AvgIpc) is 2.71. The van der Waals surface area contributed by atoms with Crippen molar-refractivity contribution in [3.63, 3.8) is 0 Å². The van der Waals surface area contributed by atoms with Gasteiger partial charge < -0.3 is 0 Å². The molecule has 0 N–H and O–H groups in total. The third-order valence-corrected chi connectivity index (χ3v) is 3.91. The van der Waals surface area contributed by atoms with Gasteiger partial charge in [-0.15, -0.1) is 0 Å². The summed E-state index contributed by atoms with van der Waals surface area (Å²) in [6.07, 6.45) is 5.44. The molecule has 0 radical (unpaired) electrons. The molecule has 1 aromatic carbocycles. The Balaban J connectivity index is 2.13. The molecule has 0 saturated heterocycles. The normalized spacial score (nSPS) is 12.7. The minimum atomic E-state index is 0.658. The number of aryl methyl sites for hydroxylation is 1. The van der Waals surface area contributed by atoms with E-state index in [4.69, 9.17) is 0 Å². The first-order valence-electron chi connectivity index (χ1n) is 6.72. The smallest absolute Gasteiger partial charge is 0.237 e. The monoisotopic (exact) mass is 243 g/mol. The lowest BCUT2D eigenvalue weighted by atomic mass is 9.98. The van der Waals surface area contributed by atoms with Gasteiger partial charge in [0.25, 0.3) is 5.82 Å². The molecule has 0 aliphatic heterocycles. The third-order valence-electron chi connectivity index (χ3n) is 3.91. The van der Waals surface area contributed by atoms with Gasteiger partial charge in [-0.3, -0.25) is 0 Å². The molecule has 0 aliphatic rings. The minimum absolute atomic E-state index is 0.658. The van der Waals surface area contributed by atoms with E-state index in [1.807, 2.05) is 0 Å². The van der Waals surface area contributed by atoms with E-state index in [-0.39, 0.29) is 0 Å². The molecule has 1 atom stereocenters. The molecule has 0 fully saturated rings. The quantitative estimate of drug-likeness (QED) is 0.729. The van der Waals surface area contributed by atoms with E-state index in [0.29, 0.717) is 5.92 Å². The van der Waals surface area contributed by atoms with Crippen molar-refractivity contribution in [1.82, 2.24) is 4.57 Å². The Labute approximate surface area is 110 Å². The van der Waals surface area contributed by atoms with Crippen LogP contribution < -0.4 is 4.57 Å². The van der Waals surface area contributed by atoms with Crippen molar-refractivity contribution in [2.24, 2.45) is 7.05 Å². The van der Waals surface area contributed by atoms with Crippen LogP contribution >= 0.6 is 0 Å². The zero-order valence-electron chi connectivity index (χ0n) is 11.9. The van der Waals surface area contributed by atoms with Crippen molar-refractivity contribution in [1.29, 1.82) is 0 Å². The van der Waals surface area contributed by atoms with E-state index in [1.165, 1.54) is 23.4 Å². The molecule has 1 aromatic heterocycles. The van der Waals surface area contributed by atoms with Gasteiger partial charge in [0.1, 0.15) is 18.9 Å². The van der Waals surface area contributed by atoms with Gasteiger partial charge in [-0.1, -0.05) is 38.1 Å². The van der Waals surface area contributed by atoms with Crippen LogP contribution in [0.4, 0.5) is 0 Å². The van der Waals surface area contributed by atoms with Crippen molar-refractivity contribution in [2.45, 2.75) is 39.7 Å². The van der Waals surface area contributed by atoms with Gasteiger partial charge in [-0.05, 0) is 23.5 Å². The molecule has 2 nitrogen and oxygen atoms in total. The first kappa shape index (κ1) is 12.9. The lowest BCUT2D eigenvalue weighted by Crippen LogP contribution is -2.35. The van der Waals surface area contributed by atoms with E-state index in [0.717, 1.165) is 6.54 Å². The molecule has 2 aromatic rings.